The second kappa shape index (κ2) is 8.79. The summed E-state index contributed by atoms with van der Waals surface area (Å²) in [6.07, 6.45) is -0.475. The van der Waals surface area contributed by atoms with Gasteiger partial charge in [0.25, 0.3) is 11.6 Å². The summed E-state index contributed by atoms with van der Waals surface area (Å²) >= 11 is 0. The van der Waals surface area contributed by atoms with Crippen molar-refractivity contribution < 1.29 is 19.2 Å². The number of aldehydes is 1. The summed E-state index contributed by atoms with van der Waals surface area (Å²) in [5.41, 5.74) is 2.21. The molecule has 0 aliphatic carbocycles. The van der Waals surface area contributed by atoms with Crippen LogP contribution in [-0.2, 0) is 4.79 Å². The Morgan fingerprint density at radius 2 is 1.76 bits per heavy atom. The molecule has 3 aromatic carbocycles. The number of hydrogen-bond acceptors (Lipinski definition) is 5. The number of para-hydroxylation sites is 1. The second-order valence-electron chi connectivity index (χ2n) is 6.26. The van der Waals surface area contributed by atoms with Crippen LogP contribution in [0.1, 0.15) is 17.3 Å². The molecule has 3 rings (SSSR count). The van der Waals surface area contributed by atoms with Crippen LogP contribution < -0.4 is 10.1 Å². The van der Waals surface area contributed by atoms with E-state index in [0.717, 1.165) is 17.2 Å². The molecule has 7 heteroatoms. The predicted octanol–water partition coefficient (Wildman–Crippen LogP) is 4.48. The van der Waals surface area contributed by atoms with Crippen LogP contribution in [-0.4, -0.2) is 23.2 Å². The van der Waals surface area contributed by atoms with Crippen molar-refractivity contribution in [1.29, 1.82) is 0 Å². The van der Waals surface area contributed by atoms with Crippen molar-refractivity contribution in [2.45, 2.75) is 13.0 Å². The van der Waals surface area contributed by atoms with Crippen LogP contribution in [0.25, 0.3) is 11.1 Å². The van der Waals surface area contributed by atoms with Gasteiger partial charge in [0.05, 0.1) is 10.5 Å². The first kappa shape index (κ1) is 19.8. The van der Waals surface area contributed by atoms with Gasteiger partial charge in [0.2, 0.25) is 0 Å². The number of carbonyl (C=O) groups excluding carboxylic acids is 2. The van der Waals surface area contributed by atoms with Gasteiger partial charge in [-0.05, 0) is 24.6 Å². The molecule has 146 valence electrons. The monoisotopic (exact) mass is 390 g/mol. The average Bonchev–Trinajstić information content (AvgIpc) is 2.74. The summed E-state index contributed by atoms with van der Waals surface area (Å²) in [7, 11) is 0. The van der Waals surface area contributed by atoms with Gasteiger partial charge in [-0.15, -0.1) is 0 Å². The van der Waals surface area contributed by atoms with E-state index in [1.54, 1.807) is 6.07 Å². The maximum Gasteiger partial charge on any atom is 0.270 e. The van der Waals surface area contributed by atoms with E-state index < -0.39 is 16.9 Å². The Morgan fingerprint density at radius 3 is 2.45 bits per heavy atom. The van der Waals surface area contributed by atoms with Crippen LogP contribution >= 0.6 is 0 Å². The minimum absolute atomic E-state index is 0.00327. The van der Waals surface area contributed by atoms with Crippen molar-refractivity contribution >= 4 is 23.6 Å². The van der Waals surface area contributed by atoms with Crippen LogP contribution in [0.4, 0.5) is 11.4 Å². The first-order valence-corrected chi connectivity index (χ1v) is 8.85. The molecule has 0 spiro atoms. The third kappa shape index (κ3) is 4.65. The Hall–Kier alpha value is -4.00. The molecule has 0 aliphatic rings. The first-order chi connectivity index (χ1) is 14.0. The van der Waals surface area contributed by atoms with Crippen LogP contribution in [0.3, 0.4) is 0 Å². The van der Waals surface area contributed by atoms with Gasteiger partial charge >= 0.3 is 0 Å². The lowest BCUT2D eigenvalue weighted by atomic mass is 10.0. The zero-order valence-corrected chi connectivity index (χ0v) is 15.6. The Kier molecular flexibility index (Phi) is 5.99. The summed E-state index contributed by atoms with van der Waals surface area (Å²) < 4.78 is 5.58. The highest BCUT2D eigenvalue weighted by Gasteiger charge is 2.19. The molecule has 1 N–H and O–H groups in total. The first-order valence-electron chi connectivity index (χ1n) is 8.85. The molecule has 0 heterocycles. The van der Waals surface area contributed by atoms with E-state index in [9.17, 15) is 19.7 Å². The Morgan fingerprint density at radius 1 is 1.07 bits per heavy atom. The molecule has 1 atom stereocenters. The summed E-state index contributed by atoms with van der Waals surface area (Å²) in [6, 6.07) is 20.6. The van der Waals surface area contributed by atoms with Gasteiger partial charge in [-0.2, -0.15) is 0 Å². The lowest BCUT2D eigenvalue weighted by molar-refractivity contribution is -0.384. The maximum atomic E-state index is 12.6. The highest BCUT2D eigenvalue weighted by molar-refractivity contribution is 5.98. The molecule has 0 bridgehead atoms. The number of nitrogens with one attached hydrogen (secondary N) is 1. The molecular weight excluding hydrogens is 372 g/mol. The normalized spacial score (nSPS) is 11.3. The summed E-state index contributed by atoms with van der Waals surface area (Å²) in [5, 5.41) is 13.7. The zero-order chi connectivity index (χ0) is 20.8. The number of benzene rings is 3. The predicted molar refractivity (Wildman–Crippen MR) is 109 cm³/mol. The fraction of sp³-hybridized carbons (Fsp3) is 0.0909. The van der Waals surface area contributed by atoms with Crippen molar-refractivity contribution in [3.05, 3.63) is 88.5 Å². The quantitative estimate of drug-likeness (QED) is 0.364. The summed E-state index contributed by atoms with van der Waals surface area (Å²) in [5.74, 6) is -0.312. The van der Waals surface area contributed by atoms with E-state index in [2.05, 4.69) is 5.32 Å². The fourth-order valence-electron chi connectivity index (χ4n) is 2.79. The highest BCUT2D eigenvalue weighted by atomic mass is 16.6. The molecule has 1 amide bonds. The van der Waals surface area contributed by atoms with Crippen LogP contribution in [0, 0.1) is 10.1 Å². The largest absolute Gasteiger partial charge is 0.480 e. The lowest BCUT2D eigenvalue weighted by Gasteiger charge is -2.17. The van der Waals surface area contributed by atoms with Gasteiger partial charge in [-0.3, -0.25) is 19.7 Å². The summed E-state index contributed by atoms with van der Waals surface area (Å²) in [6.45, 7) is 1.54. The standard InChI is InChI=1S/C22H18N2O5/c1-15(29-21-12-11-18(24(27)28)13-17(21)14-25)22(26)23-20-10-6-5-9-19(20)16-7-3-2-4-8-16/h2-15H,1H3,(H,23,26)/t15-/m0/s1. The van der Waals surface area contributed by atoms with Gasteiger partial charge < -0.3 is 10.1 Å². The Bertz CT molecular complexity index is 1050. The molecule has 0 fully saturated rings. The average molecular weight is 390 g/mol. The molecular formula is C22H18N2O5. The van der Waals surface area contributed by atoms with Crippen molar-refractivity contribution in [2.24, 2.45) is 0 Å². The maximum absolute atomic E-state index is 12.6. The van der Waals surface area contributed by atoms with Gasteiger partial charge in [-0.1, -0.05) is 48.5 Å². The number of non-ortho nitro benzene ring substituents is 1. The summed E-state index contributed by atoms with van der Waals surface area (Å²) in [4.78, 5) is 34.1. The van der Waals surface area contributed by atoms with Crippen LogP contribution in [0.15, 0.2) is 72.8 Å². The molecule has 7 nitrogen and oxygen atoms in total. The topological polar surface area (TPSA) is 98.5 Å². The molecule has 0 aromatic heterocycles. The number of ether oxygens (including phenoxy) is 1. The van der Waals surface area contributed by atoms with Crippen molar-refractivity contribution in [3.8, 4) is 16.9 Å². The molecule has 0 saturated carbocycles. The Labute approximate surface area is 167 Å². The number of amides is 1. The van der Waals surface area contributed by atoms with Gasteiger partial charge in [-0.25, -0.2) is 0 Å². The van der Waals surface area contributed by atoms with Crippen LogP contribution in [0.5, 0.6) is 5.75 Å². The molecule has 29 heavy (non-hydrogen) atoms. The zero-order valence-electron chi connectivity index (χ0n) is 15.6. The number of hydrogen-bond donors (Lipinski definition) is 1. The SMILES string of the molecule is C[C@H](Oc1ccc([N+](=O)[O-])cc1C=O)C(=O)Nc1ccccc1-c1ccccc1. The number of rotatable bonds is 7. The van der Waals surface area contributed by atoms with Gasteiger partial charge in [0.15, 0.2) is 12.4 Å². The minimum Gasteiger partial charge on any atom is -0.480 e. The Balaban J connectivity index is 1.77. The third-order valence-electron chi connectivity index (χ3n) is 4.27. The van der Waals surface area contributed by atoms with Crippen molar-refractivity contribution in [2.75, 3.05) is 5.32 Å². The van der Waals surface area contributed by atoms with Crippen LogP contribution in [0.2, 0.25) is 0 Å². The van der Waals surface area contributed by atoms with Crippen molar-refractivity contribution in [1.82, 2.24) is 0 Å². The number of nitro groups is 1. The number of anilines is 1. The minimum atomic E-state index is -0.931. The van der Waals surface area contributed by atoms with Crippen molar-refractivity contribution in [3.63, 3.8) is 0 Å². The smallest absolute Gasteiger partial charge is 0.270 e. The van der Waals surface area contributed by atoms with E-state index in [1.165, 1.54) is 19.1 Å². The third-order valence-corrected chi connectivity index (χ3v) is 4.27. The number of nitro benzene ring substituents is 1. The second-order valence-corrected chi connectivity index (χ2v) is 6.26. The molecule has 0 unspecified atom stereocenters. The number of carbonyl (C=O) groups is 2. The molecule has 3 aromatic rings. The van der Waals surface area contributed by atoms with E-state index >= 15 is 0 Å². The van der Waals surface area contributed by atoms with Gasteiger partial charge in [0, 0.05) is 23.4 Å². The van der Waals surface area contributed by atoms with E-state index in [4.69, 9.17) is 4.74 Å². The molecule has 0 aliphatic heterocycles. The molecule has 0 radical (unpaired) electrons. The van der Waals surface area contributed by atoms with E-state index in [-0.39, 0.29) is 17.0 Å². The van der Waals surface area contributed by atoms with E-state index in [1.807, 2.05) is 48.5 Å². The fourth-order valence-corrected chi connectivity index (χ4v) is 2.79. The van der Waals surface area contributed by atoms with Gasteiger partial charge in [0.1, 0.15) is 5.75 Å². The molecule has 0 saturated heterocycles. The van der Waals surface area contributed by atoms with E-state index in [0.29, 0.717) is 12.0 Å². The lowest BCUT2D eigenvalue weighted by Crippen LogP contribution is -2.30. The highest BCUT2D eigenvalue weighted by Crippen LogP contribution is 2.28. The number of nitrogens with zero attached hydrogens (tertiary/aromatic N) is 1.